The first kappa shape index (κ1) is 29.6. The van der Waals surface area contributed by atoms with Crippen LogP contribution < -0.4 is 15.4 Å². The van der Waals surface area contributed by atoms with E-state index in [2.05, 4.69) is 56.1 Å². The van der Waals surface area contributed by atoms with E-state index in [1.165, 1.54) is 5.56 Å². The molecule has 2 aliphatic rings. The van der Waals surface area contributed by atoms with Crippen LogP contribution in [0.15, 0.2) is 54.6 Å². The van der Waals surface area contributed by atoms with Crippen LogP contribution in [0.25, 0.3) is 11.3 Å². The Morgan fingerprint density at radius 2 is 1.60 bits per heavy atom. The van der Waals surface area contributed by atoms with Gasteiger partial charge in [0.25, 0.3) is 0 Å². The van der Waals surface area contributed by atoms with Crippen molar-refractivity contribution in [1.29, 1.82) is 0 Å². The predicted molar refractivity (Wildman–Crippen MR) is 166 cm³/mol. The molecule has 1 amide bonds. The molecule has 3 heterocycles. The fourth-order valence-corrected chi connectivity index (χ4v) is 5.63. The number of aromatic hydroxyl groups is 1. The maximum atomic E-state index is 12.9. The van der Waals surface area contributed by atoms with Crippen molar-refractivity contribution in [3.63, 3.8) is 0 Å². The van der Waals surface area contributed by atoms with Gasteiger partial charge in [0.1, 0.15) is 18.1 Å². The summed E-state index contributed by atoms with van der Waals surface area (Å²) in [4.78, 5) is 22.0. The van der Waals surface area contributed by atoms with E-state index < -0.39 is 0 Å². The highest BCUT2D eigenvalue weighted by molar-refractivity contribution is 5.77. The first-order valence-electron chi connectivity index (χ1n) is 15.1. The largest absolute Gasteiger partial charge is 0.507 e. The maximum Gasteiger partial charge on any atom is 0.222 e. The van der Waals surface area contributed by atoms with Crippen molar-refractivity contribution in [3.8, 4) is 22.8 Å². The second kappa shape index (κ2) is 14.3. The number of hydrogen-bond acceptors (Lipinski definition) is 9. The number of nitrogens with zero attached hydrogens (tertiary/aromatic N) is 6. The number of benzene rings is 2. The number of amides is 1. The maximum absolute atomic E-state index is 12.9. The molecule has 2 fully saturated rings. The summed E-state index contributed by atoms with van der Waals surface area (Å²) < 4.78 is 5.93. The topological polar surface area (TPSA) is 111 Å². The molecule has 2 saturated heterocycles. The van der Waals surface area contributed by atoms with Crippen LogP contribution in [0.3, 0.4) is 0 Å². The molecular formula is C32H43N7O3. The fraction of sp³-hybridized carbons (Fsp3) is 0.469. The highest BCUT2D eigenvalue weighted by Crippen LogP contribution is 2.31. The standard InChI is InChI=1S/C32H43N7O3/c1-2-25-9-11-26(12-10-25)42-23-22-37-16-14-36(15-17-37)13-5-8-31(41)39-20-18-38(19-21-39)29-24-28(34-35-32(29)33)27-6-3-4-7-30(27)40/h3-4,6-7,9-12,24,40H,2,5,8,13-23H2,1H3,(H2,33,35). The molecule has 5 rings (SSSR count). The van der Waals surface area contributed by atoms with E-state index in [1.54, 1.807) is 18.2 Å². The molecule has 10 heteroatoms. The van der Waals surface area contributed by atoms with Crippen molar-refractivity contribution in [2.75, 3.05) is 82.7 Å². The van der Waals surface area contributed by atoms with Crippen LogP contribution in [0.2, 0.25) is 0 Å². The van der Waals surface area contributed by atoms with Gasteiger partial charge in [-0.25, -0.2) is 0 Å². The molecule has 2 aliphatic heterocycles. The van der Waals surface area contributed by atoms with Crippen molar-refractivity contribution in [2.45, 2.75) is 26.2 Å². The molecule has 0 radical (unpaired) electrons. The van der Waals surface area contributed by atoms with Crippen LogP contribution >= 0.6 is 0 Å². The van der Waals surface area contributed by atoms with Crippen LogP contribution in [0, 0.1) is 0 Å². The van der Waals surface area contributed by atoms with Gasteiger partial charge in [-0.3, -0.25) is 9.69 Å². The van der Waals surface area contributed by atoms with Gasteiger partial charge in [0.15, 0.2) is 5.82 Å². The fourth-order valence-electron chi connectivity index (χ4n) is 5.63. The Labute approximate surface area is 248 Å². The molecule has 3 aromatic rings. The second-order valence-corrected chi connectivity index (χ2v) is 11.0. The monoisotopic (exact) mass is 573 g/mol. The second-order valence-electron chi connectivity index (χ2n) is 11.0. The first-order chi connectivity index (χ1) is 20.5. The van der Waals surface area contributed by atoms with E-state index >= 15 is 0 Å². The summed E-state index contributed by atoms with van der Waals surface area (Å²) >= 11 is 0. The lowest BCUT2D eigenvalue weighted by Crippen LogP contribution is -2.49. The summed E-state index contributed by atoms with van der Waals surface area (Å²) in [5.74, 6) is 1.66. The van der Waals surface area contributed by atoms with Gasteiger partial charge in [-0.2, -0.15) is 0 Å². The minimum Gasteiger partial charge on any atom is -0.507 e. The number of ether oxygens (including phenoxy) is 1. The number of nitrogen functional groups attached to an aromatic ring is 1. The number of carbonyl (C=O) groups excluding carboxylic acids is 1. The van der Waals surface area contributed by atoms with Crippen molar-refractivity contribution in [2.24, 2.45) is 0 Å². The van der Waals surface area contributed by atoms with Gasteiger partial charge < -0.3 is 30.3 Å². The number of hydrogen-bond donors (Lipinski definition) is 2. The van der Waals surface area contributed by atoms with Gasteiger partial charge in [-0.05, 0) is 55.3 Å². The highest BCUT2D eigenvalue weighted by atomic mass is 16.5. The Morgan fingerprint density at radius 3 is 2.29 bits per heavy atom. The molecule has 2 aromatic carbocycles. The minimum atomic E-state index is 0.152. The van der Waals surface area contributed by atoms with Crippen molar-refractivity contribution in [1.82, 2.24) is 24.9 Å². The molecule has 0 atom stereocenters. The number of aromatic nitrogens is 2. The molecule has 0 saturated carbocycles. The highest BCUT2D eigenvalue weighted by Gasteiger charge is 2.24. The number of piperazine rings is 2. The lowest BCUT2D eigenvalue weighted by molar-refractivity contribution is -0.131. The Balaban J connectivity index is 0.986. The molecule has 0 aliphatic carbocycles. The first-order valence-corrected chi connectivity index (χ1v) is 15.1. The smallest absolute Gasteiger partial charge is 0.222 e. The van der Waals surface area contributed by atoms with Gasteiger partial charge in [0.05, 0.1) is 11.4 Å². The number of para-hydroxylation sites is 1. The third-order valence-corrected chi connectivity index (χ3v) is 8.29. The number of phenolic OH excluding ortho intramolecular Hbond substituents is 1. The normalized spacial score (nSPS) is 16.5. The van der Waals surface area contributed by atoms with Crippen LogP contribution in [0.4, 0.5) is 11.5 Å². The number of carbonyl (C=O) groups is 1. The molecule has 0 spiro atoms. The van der Waals surface area contributed by atoms with Crippen LogP contribution in [0.1, 0.15) is 25.3 Å². The average molecular weight is 574 g/mol. The zero-order chi connectivity index (χ0) is 29.3. The number of aryl methyl sites for hydroxylation is 1. The van der Waals surface area contributed by atoms with E-state index in [0.717, 1.165) is 63.5 Å². The van der Waals surface area contributed by atoms with Crippen LogP contribution in [0.5, 0.6) is 11.5 Å². The SMILES string of the molecule is CCc1ccc(OCCN2CCN(CCCC(=O)N3CCN(c4cc(-c5ccccc5O)nnc4N)CC3)CC2)cc1. The van der Waals surface area contributed by atoms with Crippen LogP contribution in [-0.2, 0) is 11.2 Å². The van der Waals surface area contributed by atoms with Crippen LogP contribution in [-0.4, -0.2) is 108 Å². The summed E-state index contributed by atoms with van der Waals surface area (Å²) in [6.07, 6.45) is 2.49. The van der Waals surface area contributed by atoms with Crippen molar-refractivity contribution < 1.29 is 14.6 Å². The summed E-state index contributed by atoms with van der Waals surface area (Å²) in [6.45, 7) is 11.5. The Kier molecular flexibility index (Phi) is 10.1. The Hall–Kier alpha value is -3.89. The number of phenols is 1. The minimum absolute atomic E-state index is 0.152. The molecular weight excluding hydrogens is 530 g/mol. The predicted octanol–water partition coefficient (Wildman–Crippen LogP) is 3.12. The number of anilines is 2. The zero-order valence-electron chi connectivity index (χ0n) is 24.6. The van der Waals surface area contributed by atoms with Gasteiger partial charge in [-0.1, -0.05) is 31.2 Å². The molecule has 0 unspecified atom stereocenters. The zero-order valence-corrected chi connectivity index (χ0v) is 24.6. The lowest BCUT2D eigenvalue weighted by atomic mass is 10.1. The molecule has 42 heavy (non-hydrogen) atoms. The quantitative estimate of drug-likeness (QED) is 0.357. The summed E-state index contributed by atoms with van der Waals surface area (Å²) in [5, 5.41) is 18.5. The molecule has 3 N–H and O–H groups in total. The number of nitrogens with two attached hydrogens (primary N) is 1. The van der Waals surface area contributed by atoms with Gasteiger partial charge >= 0.3 is 0 Å². The van der Waals surface area contributed by atoms with E-state index in [9.17, 15) is 9.90 Å². The van der Waals surface area contributed by atoms with Gasteiger partial charge in [0, 0.05) is 70.9 Å². The summed E-state index contributed by atoms with van der Waals surface area (Å²) in [6, 6.07) is 17.3. The molecule has 1 aromatic heterocycles. The Morgan fingerprint density at radius 1 is 0.905 bits per heavy atom. The van der Waals surface area contributed by atoms with Crippen molar-refractivity contribution >= 4 is 17.4 Å². The third kappa shape index (κ3) is 7.68. The molecule has 0 bridgehead atoms. The average Bonchev–Trinajstić information content (AvgIpc) is 3.03. The number of rotatable bonds is 11. The molecule has 224 valence electrons. The van der Waals surface area contributed by atoms with Gasteiger partial charge in [0.2, 0.25) is 5.91 Å². The Bertz CT molecular complexity index is 1300. The van der Waals surface area contributed by atoms with E-state index in [0.29, 0.717) is 56.3 Å². The molecule has 10 nitrogen and oxygen atoms in total. The van der Waals surface area contributed by atoms with E-state index in [1.807, 2.05) is 17.0 Å². The van der Waals surface area contributed by atoms with Crippen molar-refractivity contribution in [3.05, 3.63) is 60.2 Å². The van der Waals surface area contributed by atoms with E-state index in [-0.39, 0.29) is 11.7 Å². The summed E-state index contributed by atoms with van der Waals surface area (Å²) in [5.41, 5.74) is 9.46. The summed E-state index contributed by atoms with van der Waals surface area (Å²) in [7, 11) is 0. The van der Waals surface area contributed by atoms with Gasteiger partial charge in [-0.15, -0.1) is 10.2 Å². The lowest BCUT2D eigenvalue weighted by Gasteiger charge is -2.37. The third-order valence-electron chi connectivity index (χ3n) is 8.29. The van der Waals surface area contributed by atoms with E-state index in [4.69, 9.17) is 10.5 Å².